The highest BCUT2D eigenvalue weighted by atomic mass is 16.1. The second kappa shape index (κ2) is 3.71. The van der Waals surface area contributed by atoms with E-state index in [-0.39, 0.29) is 5.91 Å². The van der Waals surface area contributed by atoms with Gasteiger partial charge >= 0.3 is 0 Å². The minimum atomic E-state index is -0.0632. The fourth-order valence-corrected chi connectivity index (χ4v) is 0.805. The molecule has 1 amide bonds. The van der Waals surface area contributed by atoms with E-state index in [1.54, 1.807) is 25.5 Å². The van der Waals surface area contributed by atoms with Crippen LogP contribution in [0.2, 0.25) is 0 Å². The Hall–Kier alpha value is -1.38. The summed E-state index contributed by atoms with van der Waals surface area (Å²) in [6.07, 6.45) is 7.63. The van der Waals surface area contributed by atoms with Crippen LogP contribution in [0.25, 0.3) is 0 Å². The summed E-state index contributed by atoms with van der Waals surface area (Å²) in [6.45, 7) is 0. The predicted molar refractivity (Wildman–Crippen MR) is 44.4 cm³/mol. The smallest absolute Gasteiger partial charge is 0.250 e. The molecular weight excluding hydrogens is 140 g/mol. The van der Waals surface area contributed by atoms with Gasteiger partial charge in [0.1, 0.15) is 0 Å². The maximum atomic E-state index is 11.0. The molecule has 1 N–H and O–H groups in total. The number of rotatable bonds is 1. The van der Waals surface area contributed by atoms with Crippen molar-refractivity contribution in [2.24, 2.45) is 4.99 Å². The summed E-state index contributed by atoms with van der Waals surface area (Å²) < 4.78 is 0. The number of nitrogens with one attached hydrogen (secondary N) is 1. The number of nitrogens with zero attached hydrogens (tertiary/aromatic N) is 1. The molecule has 0 saturated heterocycles. The van der Waals surface area contributed by atoms with Crippen molar-refractivity contribution in [3.05, 3.63) is 23.9 Å². The second-order valence-electron chi connectivity index (χ2n) is 2.12. The first-order valence-electron chi connectivity index (χ1n) is 3.45. The van der Waals surface area contributed by atoms with Crippen LogP contribution in [0.3, 0.4) is 0 Å². The van der Waals surface area contributed by atoms with Crippen LogP contribution < -0.4 is 5.32 Å². The zero-order chi connectivity index (χ0) is 8.10. The van der Waals surface area contributed by atoms with Crippen molar-refractivity contribution < 1.29 is 4.79 Å². The van der Waals surface area contributed by atoms with Gasteiger partial charge in [-0.3, -0.25) is 9.79 Å². The lowest BCUT2D eigenvalue weighted by molar-refractivity contribution is -0.116. The largest absolute Gasteiger partial charge is 0.355 e. The van der Waals surface area contributed by atoms with Crippen molar-refractivity contribution in [3.8, 4) is 0 Å². The highest BCUT2D eigenvalue weighted by Crippen LogP contribution is 2.01. The Bertz CT molecular complexity index is 238. The monoisotopic (exact) mass is 150 g/mol. The number of likely N-dealkylation sites (N-methyl/N-ethyl adjacent to an activating group) is 1. The van der Waals surface area contributed by atoms with Gasteiger partial charge in [-0.25, -0.2) is 0 Å². The average molecular weight is 150 g/mol. The van der Waals surface area contributed by atoms with E-state index in [4.69, 9.17) is 0 Å². The van der Waals surface area contributed by atoms with Gasteiger partial charge in [-0.1, -0.05) is 6.08 Å². The quantitative estimate of drug-likeness (QED) is 0.585. The molecule has 0 bridgehead atoms. The van der Waals surface area contributed by atoms with Crippen LogP contribution in [-0.2, 0) is 4.79 Å². The van der Waals surface area contributed by atoms with Gasteiger partial charge in [0.2, 0.25) is 0 Å². The Morgan fingerprint density at radius 1 is 1.73 bits per heavy atom. The molecule has 3 heteroatoms. The molecule has 0 aromatic carbocycles. The van der Waals surface area contributed by atoms with Gasteiger partial charge in [0.05, 0.1) is 0 Å². The molecule has 0 radical (unpaired) electrons. The summed E-state index contributed by atoms with van der Waals surface area (Å²) in [6, 6.07) is 0. The lowest BCUT2D eigenvalue weighted by Crippen LogP contribution is -2.18. The van der Waals surface area contributed by atoms with Crippen LogP contribution in [0.4, 0.5) is 0 Å². The third-order valence-electron chi connectivity index (χ3n) is 1.38. The van der Waals surface area contributed by atoms with Gasteiger partial charge < -0.3 is 5.32 Å². The van der Waals surface area contributed by atoms with Crippen molar-refractivity contribution in [2.45, 2.75) is 6.42 Å². The molecule has 0 spiro atoms. The van der Waals surface area contributed by atoms with Crippen LogP contribution in [0.5, 0.6) is 0 Å². The second-order valence-corrected chi connectivity index (χ2v) is 2.12. The fraction of sp³-hybridized carbons (Fsp3) is 0.250. The predicted octanol–water partition coefficient (Wildman–Crippen LogP) is 0.647. The van der Waals surface area contributed by atoms with Gasteiger partial charge in [0.15, 0.2) is 0 Å². The molecule has 1 aliphatic heterocycles. The molecule has 0 aromatic heterocycles. The summed E-state index contributed by atoms with van der Waals surface area (Å²) in [5.41, 5.74) is 0.671. The average Bonchev–Trinajstić information content (AvgIpc) is 2.30. The van der Waals surface area contributed by atoms with Crippen LogP contribution in [0.1, 0.15) is 6.42 Å². The fourth-order valence-electron chi connectivity index (χ4n) is 0.805. The first-order valence-corrected chi connectivity index (χ1v) is 3.45. The zero-order valence-corrected chi connectivity index (χ0v) is 6.37. The lowest BCUT2D eigenvalue weighted by Gasteiger charge is -1.96. The summed E-state index contributed by atoms with van der Waals surface area (Å²) in [4.78, 5) is 14.9. The van der Waals surface area contributed by atoms with Crippen molar-refractivity contribution in [1.82, 2.24) is 5.32 Å². The Kier molecular flexibility index (Phi) is 2.60. The third-order valence-corrected chi connectivity index (χ3v) is 1.38. The van der Waals surface area contributed by atoms with Gasteiger partial charge in [0.25, 0.3) is 5.91 Å². The Morgan fingerprint density at radius 2 is 2.55 bits per heavy atom. The number of amides is 1. The van der Waals surface area contributed by atoms with E-state index < -0.39 is 0 Å². The van der Waals surface area contributed by atoms with Crippen molar-refractivity contribution in [2.75, 3.05) is 7.05 Å². The molecule has 1 rings (SSSR count). The van der Waals surface area contributed by atoms with E-state index >= 15 is 0 Å². The zero-order valence-electron chi connectivity index (χ0n) is 6.37. The van der Waals surface area contributed by atoms with E-state index in [2.05, 4.69) is 10.3 Å². The maximum Gasteiger partial charge on any atom is 0.250 e. The van der Waals surface area contributed by atoms with Crippen LogP contribution >= 0.6 is 0 Å². The molecule has 1 aliphatic rings. The first kappa shape index (κ1) is 7.72. The Balaban J connectivity index is 2.72. The normalized spacial score (nSPS) is 15.5. The molecule has 0 fully saturated rings. The topological polar surface area (TPSA) is 41.5 Å². The van der Waals surface area contributed by atoms with Gasteiger partial charge in [-0.2, -0.15) is 0 Å². The van der Waals surface area contributed by atoms with Crippen LogP contribution in [0, 0.1) is 0 Å². The standard InChI is InChI=1S/C8H10N2O/c1-9-8(11)7-3-2-5-10-6-4-7/h3-6H,2H2,1H3,(H,9,11). The van der Waals surface area contributed by atoms with Crippen LogP contribution in [-0.4, -0.2) is 19.2 Å². The summed E-state index contributed by atoms with van der Waals surface area (Å²) in [5, 5.41) is 2.55. The molecule has 0 atom stereocenters. The molecule has 0 aromatic rings. The Labute approximate surface area is 65.5 Å². The van der Waals surface area contributed by atoms with E-state index in [1.165, 1.54) is 0 Å². The van der Waals surface area contributed by atoms with Gasteiger partial charge in [-0.05, 0) is 6.08 Å². The minimum absolute atomic E-state index is 0.0632. The number of allylic oxidation sites excluding steroid dienone is 1. The summed E-state index contributed by atoms with van der Waals surface area (Å²) in [5.74, 6) is -0.0632. The maximum absolute atomic E-state index is 11.0. The first-order chi connectivity index (χ1) is 5.34. The molecule has 3 nitrogen and oxygen atoms in total. The molecule has 0 saturated carbocycles. The highest BCUT2D eigenvalue weighted by molar-refractivity contribution is 5.96. The lowest BCUT2D eigenvalue weighted by atomic mass is 10.2. The third kappa shape index (κ3) is 2.04. The van der Waals surface area contributed by atoms with Crippen molar-refractivity contribution in [1.29, 1.82) is 0 Å². The SMILES string of the molecule is CNC(=O)C1=CCC=NC=C1. The number of aliphatic imine (C=N–C) groups is 1. The van der Waals surface area contributed by atoms with Crippen molar-refractivity contribution in [3.63, 3.8) is 0 Å². The Morgan fingerprint density at radius 3 is 3.27 bits per heavy atom. The summed E-state index contributed by atoms with van der Waals surface area (Å²) in [7, 11) is 1.61. The van der Waals surface area contributed by atoms with Crippen molar-refractivity contribution >= 4 is 12.1 Å². The number of hydrogen-bond acceptors (Lipinski definition) is 2. The number of hydrogen-bond donors (Lipinski definition) is 1. The van der Waals surface area contributed by atoms with E-state index in [9.17, 15) is 4.79 Å². The molecule has 0 aliphatic carbocycles. The van der Waals surface area contributed by atoms with E-state index in [0.29, 0.717) is 5.57 Å². The molecule has 0 unspecified atom stereocenters. The van der Waals surface area contributed by atoms with E-state index in [0.717, 1.165) is 6.42 Å². The highest BCUT2D eigenvalue weighted by Gasteiger charge is 2.02. The van der Waals surface area contributed by atoms with E-state index in [1.807, 2.05) is 6.08 Å². The molecule has 58 valence electrons. The molecular formula is C8H10N2O. The number of carbonyl (C=O) groups is 1. The molecule has 1 heterocycles. The molecule has 11 heavy (non-hydrogen) atoms. The minimum Gasteiger partial charge on any atom is -0.355 e. The number of carbonyl (C=O) groups excluding carboxylic acids is 1. The van der Waals surface area contributed by atoms with Crippen LogP contribution in [0.15, 0.2) is 28.9 Å². The summed E-state index contributed by atoms with van der Waals surface area (Å²) >= 11 is 0. The van der Waals surface area contributed by atoms with Gasteiger partial charge in [0, 0.05) is 31.5 Å². The van der Waals surface area contributed by atoms with Gasteiger partial charge in [-0.15, -0.1) is 0 Å².